The number of nitrogens with zero attached hydrogens (tertiary/aromatic N) is 2. The first-order valence-electron chi connectivity index (χ1n) is 7.13. The molecule has 108 valence electrons. The third-order valence-corrected chi connectivity index (χ3v) is 3.80. The molecule has 0 aliphatic carbocycles. The highest BCUT2D eigenvalue weighted by Crippen LogP contribution is 2.20. The second kappa shape index (κ2) is 6.75. The molecule has 6 heteroatoms. The molecule has 0 aromatic heterocycles. The van der Waals surface area contributed by atoms with Crippen molar-refractivity contribution < 1.29 is 14.3 Å². The first-order chi connectivity index (χ1) is 9.20. The third kappa shape index (κ3) is 3.83. The van der Waals surface area contributed by atoms with Crippen LogP contribution in [-0.2, 0) is 9.53 Å². The van der Waals surface area contributed by atoms with Gasteiger partial charge in [0.15, 0.2) is 0 Å². The normalized spacial score (nSPS) is 23.6. The Morgan fingerprint density at radius 2 is 2.00 bits per heavy atom. The lowest BCUT2D eigenvalue weighted by atomic mass is 10.2. The molecule has 19 heavy (non-hydrogen) atoms. The fourth-order valence-corrected chi connectivity index (χ4v) is 2.80. The van der Waals surface area contributed by atoms with Gasteiger partial charge in [-0.2, -0.15) is 0 Å². The van der Waals surface area contributed by atoms with Crippen molar-refractivity contribution in [2.45, 2.75) is 32.2 Å². The molecule has 2 saturated heterocycles. The van der Waals surface area contributed by atoms with Crippen molar-refractivity contribution in [1.82, 2.24) is 15.1 Å². The van der Waals surface area contributed by atoms with E-state index >= 15 is 0 Å². The number of urea groups is 1. The Morgan fingerprint density at radius 3 is 2.68 bits per heavy atom. The van der Waals surface area contributed by atoms with E-state index in [9.17, 15) is 9.59 Å². The van der Waals surface area contributed by atoms with Crippen LogP contribution in [0.25, 0.3) is 0 Å². The molecule has 0 spiro atoms. The van der Waals surface area contributed by atoms with E-state index in [1.165, 1.54) is 12.8 Å². The Labute approximate surface area is 114 Å². The van der Waals surface area contributed by atoms with Gasteiger partial charge in [-0.15, -0.1) is 0 Å². The van der Waals surface area contributed by atoms with Crippen LogP contribution in [0.5, 0.6) is 0 Å². The summed E-state index contributed by atoms with van der Waals surface area (Å²) in [7, 11) is 0. The first kappa shape index (κ1) is 14.1. The maximum Gasteiger partial charge on any atom is 0.325 e. The second-order valence-corrected chi connectivity index (χ2v) is 5.10. The third-order valence-electron chi connectivity index (χ3n) is 3.80. The molecule has 0 bridgehead atoms. The van der Waals surface area contributed by atoms with Crippen LogP contribution in [0.2, 0.25) is 0 Å². The highest BCUT2D eigenvalue weighted by atomic mass is 16.5. The van der Waals surface area contributed by atoms with E-state index < -0.39 is 0 Å². The zero-order chi connectivity index (χ0) is 13.7. The summed E-state index contributed by atoms with van der Waals surface area (Å²) in [4.78, 5) is 27.3. The number of hydrogen-bond acceptors (Lipinski definition) is 4. The van der Waals surface area contributed by atoms with Crippen molar-refractivity contribution >= 4 is 12.0 Å². The fraction of sp³-hybridized carbons (Fsp3) is 0.846. The second-order valence-electron chi connectivity index (χ2n) is 5.10. The van der Waals surface area contributed by atoms with Gasteiger partial charge in [-0.05, 0) is 39.3 Å². The quantitative estimate of drug-likeness (QED) is 0.752. The molecule has 1 atom stereocenters. The Kier molecular flexibility index (Phi) is 5.01. The molecule has 0 aromatic rings. The maximum absolute atomic E-state index is 11.9. The minimum Gasteiger partial charge on any atom is -0.465 e. The predicted molar refractivity (Wildman–Crippen MR) is 70.8 cm³/mol. The standard InChI is InChI=1S/C13H23N3O3/c1-2-19-12(17)9-14-13(18)16-8-5-11(10-16)15-6-3-4-7-15/h11H,2-10H2,1H3,(H,14,18). The van der Waals surface area contributed by atoms with Gasteiger partial charge >= 0.3 is 12.0 Å². The van der Waals surface area contributed by atoms with Gasteiger partial charge in [0.25, 0.3) is 0 Å². The average molecular weight is 269 g/mol. The number of esters is 1. The predicted octanol–water partition coefficient (Wildman–Crippen LogP) is 0.429. The van der Waals surface area contributed by atoms with Crippen molar-refractivity contribution in [1.29, 1.82) is 0 Å². The number of amides is 2. The molecule has 0 radical (unpaired) electrons. The number of nitrogens with one attached hydrogen (secondary N) is 1. The van der Waals surface area contributed by atoms with Gasteiger partial charge in [-0.1, -0.05) is 0 Å². The zero-order valence-corrected chi connectivity index (χ0v) is 11.6. The van der Waals surface area contributed by atoms with E-state index in [0.717, 1.165) is 32.6 Å². The van der Waals surface area contributed by atoms with Gasteiger partial charge in [0.2, 0.25) is 0 Å². The minimum atomic E-state index is -0.383. The van der Waals surface area contributed by atoms with Crippen molar-refractivity contribution in [2.75, 3.05) is 39.3 Å². The van der Waals surface area contributed by atoms with Crippen LogP contribution in [0.4, 0.5) is 4.79 Å². The Hall–Kier alpha value is -1.30. The number of hydrogen-bond donors (Lipinski definition) is 1. The molecule has 2 fully saturated rings. The topological polar surface area (TPSA) is 61.9 Å². The van der Waals surface area contributed by atoms with Crippen molar-refractivity contribution in [3.05, 3.63) is 0 Å². The van der Waals surface area contributed by atoms with Gasteiger partial charge in [0.05, 0.1) is 6.61 Å². The van der Waals surface area contributed by atoms with E-state index in [-0.39, 0.29) is 18.5 Å². The summed E-state index contributed by atoms with van der Waals surface area (Å²) < 4.78 is 4.78. The highest BCUT2D eigenvalue weighted by Gasteiger charge is 2.31. The molecule has 6 nitrogen and oxygen atoms in total. The van der Waals surface area contributed by atoms with E-state index in [2.05, 4.69) is 10.2 Å². The zero-order valence-electron chi connectivity index (χ0n) is 11.6. The van der Waals surface area contributed by atoms with Crippen LogP contribution in [0.3, 0.4) is 0 Å². The average Bonchev–Trinajstić information content (AvgIpc) is 3.06. The van der Waals surface area contributed by atoms with Crippen molar-refractivity contribution in [2.24, 2.45) is 0 Å². The van der Waals surface area contributed by atoms with Gasteiger partial charge in [-0.3, -0.25) is 9.69 Å². The monoisotopic (exact) mass is 269 g/mol. The van der Waals surface area contributed by atoms with Crippen LogP contribution < -0.4 is 5.32 Å². The molecule has 2 heterocycles. The summed E-state index contributed by atoms with van der Waals surface area (Å²) in [6.07, 6.45) is 3.57. The molecule has 2 aliphatic rings. The number of likely N-dealkylation sites (tertiary alicyclic amines) is 2. The molecule has 2 amide bonds. The van der Waals surface area contributed by atoms with E-state index in [1.54, 1.807) is 11.8 Å². The molecular formula is C13H23N3O3. The highest BCUT2D eigenvalue weighted by molar-refractivity contribution is 5.81. The van der Waals surface area contributed by atoms with Crippen LogP contribution in [0.15, 0.2) is 0 Å². The largest absolute Gasteiger partial charge is 0.465 e. The molecule has 0 aromatic carbocycles. The molecular weight excluding hydrogens is 246 g/mol. The number of carbonyl (C=O) groups excluding carboxylic acids is 2. The van der Waals surface area contributed by atoms with Crippen LogP contribution in [0, 0.1) is 0 Å². The summed E-state index contributed by atoms with van der Waals surface area (Å²) in [5.74, 6) is -0.383. The lowest BCUT2D eigenvalue weighted by Crippen LogP contribution is -2.43. The molecule has 2 aliphatic heterocycles. The summed E-state index contributed by atoms with van der Waals surface area (Å²) in [5.41, 5.74) is 0. The molecule has 1 N–H and O–H groups in total. The van der Waals surface area contributed by atoms with Crippen LogP contribution >= 0.6 is 0 Å². The van der Waals surface area contributed by atoms with Crippen LogP contribution in [0.1, 0.15) is 26.2 Å². The lowest BCUT2D eigenvalue weighted by Gasteiger charge is -2.23. The number of carbonyl (C=O) groups is 2. The summed E-state index contributed by atoms with van der Waals surface area (Å²) in [5, 5.41) is 2.61. The van der Waals surface area contributed by atoms with E-state index in [0.29, 0.717) is 12.6 Å². The SMILES string of the molecule is CCOC(=O)CNC(=O)N1CCC(N2CCCC2)C1. The smallest absolute Gasteiger partial charge is 0.325 e. The summed E-state index contributed by atoms with van der Waals surface area (Å²) in [6, 6.07) is 0.339. The Balaban J connectivity index is 1.70. The summed E-state index contributed by atoms with van der Waals surface area (Å²) in [6.45, 7) is 5.91. The van der Waals surface area contributed by atoms with E-state index in [1.807, 2.05) is 0 Å². The Morgan fingerprint density at radius 1 is 1.26 bits per heavy atom. The maximum atomic E-state index is 11.9. The molecule has 2 rings (SSSR count). The number of rotatable bonds is 4. The van der Waals surface area contributed by atoms with Gasteiger partial charge < -0.3 is 15.0 Å². The van der Waals surface area contributed by atoms with Crippen LogP contribution in [-0.4, -0.2) is 67.2 Å². The van der Waals surface area contributed by atoms with Gasteiger partial charge in [0.1, 0.15) is 6.54 Å². The fourth-order valence-electron chi connectivity index (χ4n) is 2.80. The van der Waals surface area contributed by atoms with E-state index in [4.69, 9.17) is 4.74 Å². The molecule has 1 unspecified atom stereocenters. The van der Waals surface area contributed by atoms with Crippen molar-refractivity contribution in [3.63, 3.8) is 0 Å². The first-order valence-corrected chi connectivity index (χ1v) is 7.13. The Bertz CT molecular complexity index is 329. The van der Waals surface area contributed by atoms with Gasteiger partial charge in [-0.25, -0.2) is 4.79 Å². The molecule has 0 saturated carbocycles. The summed E-state index contributed by atoms with van der Waals surface area (Å²) >= 11 is 0. The van der Waals surface area contributed by atoms with Crippen molar-refractivity contribution in [3.8, 4) is 0 Å². The number of ether oxygens (including phenoxy) is 1. The minimum absolute atomic E-state index is 0.0441. The lowest BCUT2D eigenvalue weighted by molar-refractivity contribution is -0.141. The van der Waals surface area contributed by atoms with Gasteiger partial charge in [0, 0.05) is 19.1 Å².